The largest absolute Gasteiger partial charge is 0.395 e. The van der Waals surface area contributed by atoms with E-state index >= 15 is 0 Å². The first-order valence-corrected chi connectivity index (χ1v) is 13.9. The quantitative estimate of drug-likeness (QED) is 0.375. The summed E-state index contributed by atoms with van der Waals surface area (Å²) in [6.45, 7) is -0.115. The normalized spacial score (nSPS) is 22.9. The Hall–Kier alpha value is -3.04. The highest BCUT2D eigenvalue weighted by molar-refractivity contribution is 7.91. The smallest absolute Gasteiger partial charge is 0.255 e. The van der Waals surface area contributed by atoms with Crippen molar-refractivity contribution in [3.63, 3.8) is 0 Å². The molecular formula is C26H23ClF2N2O6S. The van der Waals surface area contributed by atoms with Gasteiger partial charge in [0.2, 0.25) is 5.91 Å². The minimum atomic E-state index is -3.81. The predicted octanol–water partition coefficient (Wildman–Crippen LogP) is 2.10. The van der Waals surface area contributed by atoms with Crippen LogP contribution < -0.4 is 5.32 Å². The van der Waals surface area contributed by atoms with Gasteiger partial charge >= 0.3 is 0 Å². The number of aliphatic hydroxyl groups excluding tert-OH is 1. The van der Waals surface area contributed by atoms with Gasteiger partial charge in [0.05, 0.1) is 47.5 Å². The van der Waals surface area contributed by atoms with Gasteiger partial charge in [-0.15, -0.1) is 0 Å². The standard InChI is InChI=1S/C26H23ClF2N2O6S/c27-19-11-20(28)18(10-21(19)29)24(16-12-37-13-16)30-25(33)23-9-14-4-5-22(14)31(23)26(34)15-2-1-3-17(8-15)38(35,36)7-6-32/h1-3,8,10-11,14,16,22-24,32H,6-7,9,12-13H2,(H,30,33)/t14-,22-,23-,24-/m1/s1. The number of fused-ring (bicyclic) bond motifs is 1. The molecule has 2 aliphatic heterocycles. The fraction of sp³-hybridized carbons (Fsp3) is 0.385. The van der Waals surface area contributed by atoms with Gasteiger partial charge in [0.1, 0.15) is 23.7 Å². The molecule has 2 fully saturated rings. The Balaban J connectivity index is 1.42. The molecule has 0 saturated carbocycles. The summed E-state index contributed by atoms with van der Waals surface area (Å²) >= 11 is 5.70. The van der Waals surface area contributed by atoms with Crippen LogP contribution >= 0.6 is 11.6 Å². The van der Waals surface area contributed by atoms with Crippen molar-refractivity contribution < 1.29 is 36.6 Å². The number of halogens is 3. The second kappa shape index (κ2) is 10.3. The fourth-order valence-electron chi connectivity index (χ4n) is 4.91. The van der Waals surface area contributed by atoms with Crippen LogP contribution in [0.3, 0.4) is 0 Å². The molecule has 0 bridgehead atoms. The van der Waals surface area contributed by atoms with Crippen molar-refractivity contribution in [2.45, 2.75) is 29.4 Å². The van der Waals surface area contributed by atoms with Crippen LogP contribution in [0.4, 0.5) is 8.78 Å². The van der Waals surface area contributed by atoms with E-state index in [1.165, 1.54) is 29.2 Å². The molecule has 3 aliphatic rings. The number of nitrogens with one attached hydrogen (secondary N) is 1. The van der Waals surface area contributed by atoms with Gasteiger partial charge < -0.3 is 20.1 Å². The van der Waals surface area contributed by atoms with Crippen LogP contribution in [0.25, 0.3) is 0 Å². The lowest BCUT2D eigenvalue weighted by molar-refractivity contribution is -0.128. The number of nitrogens with zero attached hydrogens (tertiary/aromatic N) is 1. The van der Waals surface area contributed by atoms with Crippen LogP contribution in [0.2, 0.25) is 5.02 Å². The highest BCUT2D eigenvalue weighted by Crippen LogP contribution is 2.37. The van der Waals surface area contributed by atoms with Crippen LogP contribution in [-0.4, -0.2) is 67.9 Å². The Labute approximate surface area is 222 Å². The Bertz CT molecular complexity index is 1470. The summed E-state index contributed by atoms with van der Waals surface area (Å²) in [5.41, 5.74) is -0.0311. The molecule has 0 spiro atoms. The van der Waals surface area contributed by atoms with E-state index in [0.29, 0.717) is 0 Å². The molecule has 4 atom stereocenters. The van der Waals surface area contributed by atoms with Crippen molar-refractivity contribution in [2.24, 2.45) is 11.8 Å². The number of carbonyl (C=O) groups excluding carboxylic acids is 2. The number of sulfone groups is 1. The third-order valence-corrected chi connectivity index (χ3v) is 9.04. The number of carbonyl (C=O) groups is 2. The molecule has 2 aromatic carbocycles. The number of hydrogen-bond acceptors (Lipinski definition) is 6. The van der Waals surface area contributed by atoms with Gasteiger partial charge in [-0.3, -0.25) is 9.59 Å². The lowest BCUT2D eigenvalue weighted by Crippen LogP contribution is -2.52. The lowest BCUT2D eigenvalue weighted by Gasteiger charge is -2.36. The molecule has 2 amide bonds. The maximum Gasteiger partial charge on any atom is 0.255 e. The molecule has 2 heterocycles. The molecule has 0 unspecified atom stereocenters. The number of rotatable bonds is 8. The zero-order chi connectivity index (χ0) is 27.2. The van der Waals surface area contributed by atoms with E-state index in [4.69, 9.17) is 21.4 Å². The molecule has 0 aromatic heterocycles. The van der Waals surface area contributed by atoms with E-state index in [1.54, 1.807) is 0 Å². The maximum atomic E-state index is 14.8. The molecule has 2 aromatic rings. The summed E-state index contributed by atoms with van der Waals surface area (Å²) in [4.78, 5) is 28.3. The third kappa shape index (κ3) is 4.78. The zero-order valence-electron chi connectivity index (χ0n) is 19.9. The SMILES string of the molecule is O=C(N[C@@H](c1cc(F)c(Cl)cc1F)C1COC1)[C@H]1C[C@H]2C#C[C@H]2N1C(=O)c1cccc(S(=O)(=O)CCO)c1. The predicted molar refractivity (Wildman–Crippen MR) is 132 cm³/mol. The topological polar surface area (TPSA) is 113 Å². The zero-order valence-corrected chi connectivity index (χ0v) is 21.4. The number of hydrogen-bond donors (Lipinski definition) is 2. The molecule has 200 valence electrons. The maximum absolute atomic E-state index is 14.8. The number of aliphatic hydroxyl groups is 1. The van der Waals surface area contributed by atoms with E-state index in [-0.39, 0.29) is 52.5 Å². The molecule has 2 N–H and O–H groups in total. The highest BCUT2D eigenvalue weighted by atomic mass is 35.5. The van der Waals surface area contributed by atoms with Crippen molar-refractivity contribution in [1.29, 1.82) is 0 Å². The average Bonchev–Trinajstić information content (AvgIpc) is 3.09. The van der Waals surface area contributed by atoms with E-state index in [2.05, 4.69) is 17.2 Å². The van der Waals surface area contributed by atoms with Crippen LogP contribution in [-0.2, 0) is 19.4 Å². The second-order valence-electron chi connectivity index (χ2n) is 9.45. The van der Waals surface area contributed by atoms with Crippen molar-refractivity contribution >= 4 is 33.3 Å². The molecule has 5 rings (SSSR count). The van der Waals surface area contributed by atoms with E-state index in [1.807, 2.05) is 0 Å². The van der Waals surface area contributed by atoms with Gasteiger partial charge in [-0.25, -0.2) is 17.2 Å². The fourth-order valence-corrected chi connectivity index (χ4v) is 6.13. The summed E-state index contributed by atoms with van der Waals surface area (Å²) in [7, 11) is -3.81. The first kappa shape index (κ1) is 26.6. The average molecular weight is 565 g/mol. The molecule has 1 aliphatic carbocycles. The van der Waals surface area contributed by atoms with Crippen LogP contribution in [0, 0.1) is 35.3 Å². The number of amides is 2. The molecule has 38 heavy (non-hydrogen) atoms. The van der Waals surface area contributed by atoms with Gasteiger partial charge in [0.25, 0.3) is 5.91 Å². The van der Waals surface area contributed by atoms with Gasteiger partial charge in [-0.05, 0) is 36.8 Å². The summed E-state index contributed by atoms with van der Waals surface area (Å²) in [5.74, 6) is 2.00. The highest BCUT2D eigenvalue weighted by Gasteiger charge is 2.49. The van der Waals surface area contributed by atoms with Crippen molar-refractivity contribution in [2.75, 3.05) is 25.6 Å². The molecule has 12 heteroatoms. The number of likely N-dealkylation sites (tertiary alicyclic amines) is 1. The van der Waals surface area contributed by atoms with Crippen molar-refractivity contribution in [3.8, 4) is 11.8 Å². The van der Waals surface area contributed by atoms with Crippen LogP contribution in [0.5, 0.6) is 0 Å². The summed E-state index contributed by atoms with van der Waals surface area (Å²) in [6, 6.07) is 4.74. The van der Waals surface area contributed by atoms with Crippen molar-refractivity contribution in [1.82, 2.24) is 10.2 Å². The summed E-state index contributed by atoms with van der Waals surface area (Å²) in [5, 5.41) is 11.5. The molecule has 0 radical (unpaired) electrons. The molecule has 8 nitrogen and oxygen atoms in total. The molecule has 2 saturated heterocycles. The second-order valence-corrected chi connectivity index (χ2v) is 12.0. The van der Waals surface area contributed by atoms with E-state index in [9.17, 15) is 26.8 Å². The molecular weight excluding hydrogens is 542 g/mol. The summed E-state index contributed by atoms with van der Waals surface area (Å²) in [6.07, 6.45) is 0.239. The lowest BCUT2D eigenvalue weighted by atomic mass is 9.90. The van der Waals surface area contributed by atoms with Crippen LogP contribution in [0.1, 0.15) is 28.4 Å². The van der Waals surface area contributed by atoms with Gasteiger partial charge in [0.15, 0.2) is 9.84 Å². The Morgan fingerprint density at radius 1 is 1.18 bits per heavy atom. The first-order valence-electron chi connectivity index (χ1n) is 11.9. The summed E-state index contributed by atoms with van der Waals surface area (Å²) < 4.78 is 59.0. The Kier molecular flexibility index (Phi) is 7.17. The monoisotopic (exact) mass is 564 g/mol. The first-order chi connectivity index (χ1) is 18.1. The third-order valence-electron chi connectivity index (χ3n) is 7.06. The van der Waals surface area contributed by atoms with Gasteiger partial charge in [0, 0.05) is 17.0 Å². The minimum Gasteiger partial charge on any atom is -0.395 e. The van der Waals surface area contributed by atoms with E-state index < -0.39 is 63.8 Å². The van der Waals surface area contributed by atoms with Gasteiger partial charge in [-0.1, -0.05) is 29.5 Å². The Morgan fingerprint density at radius 3 is 2.58 bits per heavy atom. The minimum absolute atomic E-state index is 0.0472. The number of ether oxygens (including phenoxy) is 1. The van der Waals surface area contributed by atoms with E-state index in [0.717, 1.165) is 12.1 Å². The number of benzene rings is 2. The Morgan fingerprint density at radius 2 is 1.95 bits per heavy atom. The van der Waals surface area contributed by atoms with Crippen molar-refractivity contribution in [3.05, 3.63) is 64.2 Å². The van der Waals surface area contributed by atoms with Crippen LogP contribution in [0.15, 0.2) is 41.3 Å². The van der Waals surface area contributed by atoms with Gasteiger partial charge in [-0.2, -0.15) is 0 Å².